The summed E-state index contributed by atoms with van der Waals surface area (Å²) in [6, 6.07) is 14.8. The lowest BCUT2D eigenvalue weighted by atomic mass is 10.1. The van der Waals surface area contributed by atoms with Crippen LogP contribution in [0.3, 0.4) is 0 Å². The number of fused-ring (bicyclic) bond motifs is 1. The molecule has 1 fully saturated rings. The normalized spacial score (nSPS) is 14.6. The van der Waals surface area contributed by atoms with Gasteiger partial charge in [-0.05, 0) is 31.0 Å². The Hall–Kier alpha value is -3.15. The number of carbonyl (C=O) groups excluding carboxylic acids is 2. The molecule has 1 N–H and O–H groups in total. The fourth-order valence-electron chi connectivity index (χ4n) is 3.56. The molecule has 0 saturated carbocycles. The summed E-state index contributed by atoms with van der Waals surface area (Å²) in [6.07, 6.45) is 4.31. The van der Waals surface area contributed by atoms with Gasteiger partial charge in [0.2, 0.25) is 0 Å². The van der Waals surface area contributed by atoms with E-state index in [4.69, 9.17) is 4.74 Å². The highest BCUT2D eigenvalue weighted by Gasteiger charge is 2.20. The first kappa shape index (κ1) is 18.2. The molecule has 1 aromatic heterocycles. The molecule has 1 aliphatic rings. The third-order valence-electron chi connectivity index (χ3n) is 5.08. The second kappa shape index (κ2) is 8.25. The number of hydrogen-bond donors (Lipinski definition) is 1. The smallest absolute Gasteiger partial charge is 0.339 e. The molecule has 1 amide bonds. The Morgan fingerprint density at radius 3 is 2.46 bits per heavy atom. The Kier molecular flexibility index (Phi) is 5.37. The van der Waals surface area contributed by atoms with E-state index in [0.717, 1.165) is 49.8 Å². The number of aromatic amines is 1. The summed E-state index contributed by atoms with van der Waals surface area (Å²) in [5, 5.41) is 0. The average Bonchev–Trinajstić information content (AvgIpc) is 2.97. The lowest BCUT2D eigenvalue weighted by molar-refractivity contribution is -0.134. The standard InChI is InChI=1S/C22H23N3O3/c26-20(25-13-7-1-2-8-14-25)15-28-22(27)17-10-4-3-9-16(17)21-23-18-11-5-6-12-19(18)24-21/h3-6,9-12H,1-2,7-8,13-15H2,(H,23,24). The number of ether oxygens (including phenoxy) is 1. The summed E-state index contributed by atoms with van der Waals surface area (Å²) in [4.78, 5) is 34.7. The van der Waals surface area contributed by atoms with Crippen LogP contribution in [0.15, 0.2) is 48.5 Å². The van der Waals surface area contributed by atoms with Gasteiger partial charge in [-0.2, -0.15) is 0 Å². The van der Waals surface area contributed by atoms with Crippen LogP contribution in [0.5, 0.6) is 0 Å². The van der Waals surface area contributed by atoms with Crippen molar-refractivity contribution in [2.75, 3.05) is 19.7 Å². The monoisotopic (exact) mass is 377 g/mol. The molecule has 2 aromatic carbocycles. The molecule has 2 heterocycles. The number of rotatable bonds is 4. The Bertz CT molecular complexity index is 954. The molecule has 0 unspecified atom stereocenters. The number of imidazole rings is 1. The van der Waals surface area contributed by atoms with Gasteiger partial charge in [0.15, 0.2) is 6.61 Å². The molecule has 3 aromatic rings. The third kappa shape index (κ3) is 3.91. The van der Waals surface area contributed by atoms with Gasteiger partial charge in [-0.15, -0.1) is 0 Å². The molecular formula is C22H23N3O3. The van der Waals surface area contributed by atoms with Crippen LogP contribution in [0.4, 0.5) is 0 Å². The molecule has 28 heavy (non-hydrogen) atoms. The highest BCUT2D eigenvalue weighted by atomic mass is 16.5. The predicted molar refractivity (Wildman–Crippen MR) is 107 cm³/mol. The molecule has 1 saturated heterocycles. The summed E-state index contributed by atoms with van der Waals surface area (Å²) in [5.41, 5.74) is 2.78. The van der Waals surface area contributed by atoms with Gasteiger partial charge in [0.25, 0.3) is 5.91 Å². The van der Waals surface area contributed by atoms with Gasteiger partial charge >= 0.3 is 5.97 Å². The molecule has 0 bridgehead atoms. The third-order valence-corrected chi connectivity index (χ3v) is 5.08. The Balaban J connectivity index is 1.49. The van der Waals surface area contributed by atoms with Crippen LogP contribution < -0.4 is 0 Å². The van der Waals surface area contributed by atoms with Crippen LogP contribution in [0.2, 0.25) is 0 Å². The molecule has 0 spiro atoms. The number of nitrogens with one attached hydrogen (secondary N) is 1. The van der Waals surface area contributed by atoms with Crippen molar-refractivity contribution in [3.63, 3.8) is 0 Å². The minimum atomic E-state index is -0.515. The fourth-order valence-corrected chi connectivity index (χ4v) is 3.56. The molecule has 144 valence electrons. The predicted octanol–water partition coefficient (Wildman–Crippen LogP) is 3.79. The van der Waals surface area contributed by atoms with E-state index in [1.54, 1.807) is 17.0 Å². The van der Waals surface area contributed by atoms with Gasteiger partial charge in [-0.1, -0.05) is 43.2 Å². The van der Waals surface area contributed by atoms with Crippen molar-refractivity contribution < 1.29 is 14.3 Å². The molecular weight excluding hydrogens is 354 g/mol. The largest absolute Gasteiger partial charge is 0.452 e. The maximum absolute atomic E-state index is 12.7. The first-order valence-electron chi connectivity index (χ1n) is 9.71. The highest BCUT2D eigenvalue weighted by Crippen LogP contribution is 2.24. The van der Waals surface area contributed by atoms with Gasteiger partial charge in [-0.3, -0.25) is 4.79 Å². The van der Waals surface area contributed by atoms with E-state index < -0.39 is 5.97 Å². The van der Waals surface area contributed by atoms with Gasteiger partial charge in [-0.25, -0.2) is 9.78 Å². The first-order chi connectivity index (χ1) is 13.7. The number of para-hydroxylation sites is 2. The van der Waals surface area contributed by atoms with Crippen molar-refractivity contribution in [2.24, 2.45) is 0 Å². The summed E-state index contributed by atoms with van der Waals surface area (Å²) in [6.45, 7) is 1.26. The number of aromatic nitrogens is 2. The molecule has 6 heteroatoms. The van der Waals surface area contributed by atoms with E-state index in [0.29, 0.717) is 17.0 Å². The van der Waals surface area contributed by atoms with Crippen molar-refractivity contribution in [1.82, 2.24) is 14.9 Å². The topological polar surface area (TPSA) is 75.3 Å². The van der Waals surface area contributed by atoms with Crippen molar-refractivity contribution in [2.45, 2.75) is 25.7 Å². The van der Waals surface area contributed by atoms with Crippen molar-refractivity contribution in [3.05, 3.63) is 54.1 Å². The van der Waals surface area contributed by atoms with Gasteiger partial charge in [0, 0.05) is 18.7 Å². The van der Waals surface area contributed by atoms with Gasteiger partial charge in [0.1, 0.15) is 5.82 Å². The number of nitrogens with zero attached hydrogens (tertiary/aromatic N) is 2. The summed E-state index contributed by atoms with van der Waals surface area (Å²) in [5.74, 6) is -0.0386. The zero-order valence-electron chi connectivity index (χ0n) is 15.7. The molecule has 6 nitrogen and oxygen atoms in total. The number of carbonyl (C=O) groups is 2. The van der Waals surface area contributed by atoms with Crippen LogP contribution in [-0.4, -0.2) is 46.4 Å². The number of likely N-dealkylation sites (tertiary alicyclic amines) is 1. The summed E-state index contributed by atoms with van der Waals surface area (Å²) in [7, 11) is 0. The maximum atomic E-state index is 12.7. The van der Waals surface area contributed by atoms with Crippen LogP contribution in [0.1, 0.15) is 36.0 Å². The molecule has 4 rings (SSSR count). The van der Waals surface area contributed by atoms with E-state index in [2.05, 4.69) is 9.97 Å². The van der Waals surface area contributed by atoms with E-state index in [9.17, 15) is 9.59 Å². The van der Waals surface area contributed by atoms with E-state index in [1.807, 2.05) is 36.4 Å². The number of H-pyrrole nitrogens is 1. The van der Waals surface area contributed by atoms with Crippen LogP contribution in [0.25, 0.3) is 22.4 Å². The van der Waals surface area contributed by atoms with Crippen LogP contribution in [0, 0.1) is 0 Å². The first-order valence-corrected chi connectivity index (χ1v) is 9.71. The second-order valence-electron chi connectivity index (χ2n) is 7.02. The van der Waals surface area contributed by atoms with Crippen LogP contribution >= 0.6 is 0 Å². The zero-order chi connectivity index (χ0) is 19.3. The quantitative estimate of drug-likeness (QED) is 0.702. The maximum Gasteiger partial charge on any atom is 0.339 e. The average molecular weight is 377 g/mol. The SMILES string of the molecule is O=C(OCC(=O)N1CCCCCC1)c1ccccc1-c1nc2ccccc2[nH]1. The van der Waals surface area contributed by atoms with Gasteiger partial charge < -0.3 is 14.6 Å². The summed E-state index contributed by atoms with van der Waals surface area (Å²) >= 11 is 0. The number of amides is 1. The second-order valence-corrected chi connectivity index (χ2v) is 7.02. The Morgan fingerprint density at radius 1 is 0.964 bits per heavy atom. The molecule has 1 aliphatic heterocycles. The number of esters is 1. The molecule has 0 atom stereocenters. The molecule has 0 aliphatic carbocycles. The van der Waals surface area contributed by atoms with Crippen molar-refractivity contribution >= 4 is 22.9 Å². The lowest BCUT2D eigenvalue weighted by Gasteiger charge is -2.20. The van der Waals surface area contributed by atoms with E-state index >= 15 is 0 Å². The molecule has 0 radical (unpaired) electrons. The Labute approximate surface area is 163 Å². The minimum absolute atomic E-state index is 0.128. The zero-order valence-corrected chi connectivity index (χ0v) is 15.7. The van der Waals surface area contributed by atoms with E-state index in [1.165, 1.54) is 0 Å². The van der Waals surface area contributed by atoms with Gasteiger partial charge in [0.05, 0.1) is 16.6 Å². The highest BCUT2D eigenvalue weighted by molar-refractivity contribution is 5.98. The Morgan fingerprint density at radius 2 is 1.68 bits per heavy atom. The van der Waals surface area contributed by atoms with E-state index in [-0.39, 0.29) is 12.5 Å². The van der Waals surface area contributed by atoms with Crippen LogP contribution in [-0.2, 0) is 9.53 Å². The minimum Gasteiger partial charge on any atom is -0.452 e. The lowest BCUT2D eigenvalue weighted by Crippen LogP contribution is -2.35. The summed E-state index contributed by atoms with van der Waals surface area (Å²) < 4.78 is 5.35. The number of benzene rings is 2. The van der Waals surface area contributed by atoms with Crippen molar-refractivity contribution in [3.8, 4) is 11.4 Å². The fraction of sp³-hybridized carbons (Fsp3) is 0.318. The number of hydrogen-bond acceptors (Lipinski definition) is 4. The van der Waals surface area contributed by atoms with Crippen molar-refractivity contribution in [1.29, 1.82) is 0 Å².